The first-order chi connectivity index (χ1) is 16.9. The summed E-state index contributed by atoms with van der Waals surface area (Å²) in [6.07, 6.45) is 1.70. The number of benzene rings is 3. The average molecular weight is 491 g/mol. The van der Waals surface area contributed by atoms with E-state index in [1.54, 1.807) is 37.3 Å². The number of rotatable bonds is 8. The van der Waals surface area contributed by atoms with Crippen molar-refractivity contribution in [3.63, 3.8) is 0 Å². The van der Waals surface area contributed by atoms with Gasteiger partial charge in [-0.1, -0.05) is 41.9 Å². The predicted molar refractivity (Wildman–Crippen MR) is 135 cm³/mol. The van der Waals surface area contributed by atoms with Crippen LogP contribution in [0.3, 0.4) is 0 Å². The number of anilines is 1. The molecule has 0 aromatic heterocycles. The largest absolute Gasteiger partial charge is 0.490 e. The van der Waals surface area contributed by atoms with Gasteiger partial charge in [-0.15, -0.1) is 0 Å². The first-order valence-corrected chi connectivity index (χ1v) is 11.3. The Hall–Kier alpha value is -4.10. The van der Waals surface area contributed by atoms with Crippen molar-refractivity contribution in [3.05, 3.63) is 94.0 Å². The van der Waals surface area contributed by atoms with E-state index in [9.17, 15) is 9.59 Å². The topological polar surface area (TPSA) is 88.4 Å². The van der Waals surface area contributed by atoms with Gasteiger partial charge in [0.05, 0.1) is 34.2 Å². The molecule has 0 radical (unpaired) electrons. The van der Waals surface area contributed by atoms with Gasteiger partial charge in [0.1, 0.15) is 6.61 Å². The van der Waals surface area contributed by atoms with Gasteiger partial charge in [-0.3, -0.25) is 4.79 Å². The zero-order valence-corrected chi connectivity index (χ0v) is 20.0. The Morgan fingerprint density at radius 1 is 1.09 bits per heavy atom. The maximum atomic E-state index is 13.1. The Bertz CT molecular complexity index is 1320. The van der Waals surface area contributed by atoms with Crippen LogP contribution in [0.25, 0.3) is 6.08 Å². The Morgan fingerprint density at radius 2 is 1.80 bits per heavy atom. The van der Waals surface area contributed by atoms with E-state index in [1.807, 2.05) is 37.3 Å². The molecule has 1 aliphatic rings. The van der Waals surface area contributed by atoms with E-state index in [0.717, 1.165) is 5.56 Å². The lowest BCUT2D eigenvalue weighted by Gasteiger charge is -2.15. The molecule has 0 bridgehead atoms. The highest BCUT2D eigenvalue weighted by Crippen LogP contribution is 2.38. The normalized spacial score (nSPS) is 14.3. The van der Waals surface area contributed by atoms with Gasteiger partial charge in [-0.2, -0.15) is 10.1 Å². The van der Waals surface area contributed by atoms with Crippen LogP contribution in [0, 0.1) is 0 Å². The van der Waals surface area contributed by atoms with E-state index < -0.39 is 5.97 Å². The van der Waals surface area contributed by atoms with Gasteiger partial charge in [-0.25, -0.2) is 4.79 Å². The highest BCUT2D eigenvalue weighted by molar-refractivity contribution is 6.33. The van der Waals surface area contributed by atoms with E-state index >= 15 is 0 Å². The highest BCUT2D eigenvalue weighted by atomic mass is 35.5. The van der Waals surface area contributed by atoms with E-state index in [-0.39, 0.29) is 11.5 Å². The minimum absolute atomic E-state index is 0.129. The molecule has 178 valence electrons. The van der Waals surface area contributed by atoms with Crippen molar-refractivity contribution in [2.45, 2.75) is 20.5 Å². The van der Waals surface area contributed by atoms with E-state index in [4.69, 9.17) is 26.2 Å². The summed E-state index contributed by atoms with van der Waals surface area (Å²) < 4.78 is 11.7. The lowest BCUT2D eigenvalue weighted by Crippen LogP contribution is -2.21. The SMILES string of the molecule is CCOc1cc(C=C2C(=O)N(c3ccc(C(=O)O)cc3)N=C2C)cc(Cl)c1OCc1ccccc1. The summed E-state index contributed by atoms with van der Waals surface area (Å²) in [7, 11) is 0. The second-order valence-corrected chi connectivity index (χ2v) is 8.16. The van der Waals surface area contributed by atoms with Crippen molar-refractivity contribution in [2.75, 3.05) is 11.6 Å². The number of hydrogen-bond donors (Lipinski definition) is 1. The third kappa shape index (κ3) is 5.36. The van der Waals surface area contributed by atoms with Crippen LogP contribution in [0.1, 0.15) is 35.3 Å². The summed E-state index contributed by atoms with van der Waals surface area (Å²) in [6.45, 7) is 4.35. The number of carbonyl (C=O) groups excluding carboxylic acids is 1. The van der Waals surface area contributed by atoms with Crippen LogP contribution in [-0.4, -0.2) is 29.3 Å². The van der Waals surface area contributed by atoms with E-state index in [2.05, 4.69) is 5.10 Å². The number of hydrazone groups is 1. The smallest absolute Gasteiger partial charge is 0.335 e. The molecular formula is C27H23ClN2O5. The molecule has 1 heterocycles. The van der Waals surface area contributed by atoms with Gasteiger partial charge in [0.25, 0.3) is 5.91 Å². The van der Waals surface area contributed by atoms with Crippen molar-refractivity contribution in [3.8, 4) is 11.5 Å². The Labute approximate surface area is 207 Å². The number of carbonyl (C=O) groups is 2. The molecule has 3 aromatic carbocycles. The molecule has 3 aromatic rings. The van der Waals surface area contributed by atoms with Crippen LogP contribution in [0.2, 0.25) is 5.02 Å². The third-order valence-corrected chi connectivity index (χ3v) is 5.57. The summed E-state index contributed by atoms with van der Waals surface area (Å²) in [5.74, 6) is -0.460. The lowest BCUT2D eigenvalue weighted by atomic mass is 10.1. The molecule has 1 aliphatic heterocycles. The third-order valence-electron chi connectivity index (χ3n) is 5.29. The van der Waals surface area contributed by atoms with Crippen molar-refractivity contribution in [1.29, 1.82) is 0 Å². The maximum Gasteiger partial charge on any atom is 0.335 e. The molecular weight excluding hydrogens is 468 g/mol. The van der Waals surface area contributed by atoms with Gasteiger partial charge in [0.2, 0.25) is 0 Å². The van der Waals surface area contributed by atoms with Crippen molar-refractivity contribution in [2.24, 2.45) is 5.10 Å². The zero-order chi connectivity index (χ0) is 24.9. The number of ether oxygens (including phenoxy) is 2. The van der Waals surface area contributed by atoms with Gasteiger partial charge in [-0.05, 0) is 67.4 Å². The minimum atomic E-state index is -1.04. The molecule has 1 N–H and O–H groups in total. The first-order valence-electron chi connectivity index (χ1n) is 11.0. The fourth-order valence-electron chi connectivity index (χ4n) is 3.58. The standard InChI is InChI=1S/C27H23ClN2O5/c1-3-34-24-15-19(14-23(28)25(24)35-16-18-7-5-4-6-8-18)13-22-17(2)29-30(26(22)31)21-11-9-20(10-12-21)27(32)33/h4-15H,3,16H2,1-2H3,(H,32,33). The van der Waals surface area contributed by atoms with Gasteiger partial charge < -0.3 is 14.6 Å². The van der Waals surface area contributed by atoms with E-state index in [1.165, 1.54) is 17.1 Å². The lowest BCUT2D eigenvalue weighted by molar-refractivity contribution is -0.114. The molecule has 1 amide bonds. The van der Waals surface area contributed by atoms with Gasteiger partial charge >= 0.3 is 5.97 Å². The molecule has 8 heteroatoms. The molecule has 0 aliphatic carbocycles. The van der Waals surface area contributed by atoms with Crippen LogP contribution < -0.4 is 14.5 Å². The molecule has 0 saturated carbocycles. The zero-order valence-electron chi connectivity index (χ0n) is 19.2. The summed E-state index contributed by atoms with van der Waals surface area (Å²) in [5, 5.41) is 15.0. The number of hydrogen-bond acceptors (Lipinski definition) is 5. The number of carboxylic acid groups (broad SMARTS) is 1. The summed E-state index contributed by atoms with van der Waals surface area (Å²) >= 11 is 6.55. The number of carboxylic acids is 1. The Kier molecular flexibility index (Phi) is 7.17. The van der Waals surface area contributed by atoms with Crippen molar-refractivity contribution >= 4 is 41.0 Å². The fraction of sp³-hybridized carbons (Fsp3) is 0.148. The van der Waals surface area contributed by atoms with Gasteiger partial charge in [0, 0.05) is 0 Å². The van der Waals surface area contributed by atoms with Crippen molar-refractivity contribution in [1.82, 2.24) is 0 Å². The molecule has 0 saturated heterocycles. The van der Waals surface area contributed by atoms with Crippen LogP contribution in [-0.2, 0) is 11.4 Å². The number of aromatic carboxylic acids is 1. The predicted octanol–water partition coefficient (Wildman–Crippen LogP) is 5.82. The fourth-order valence-corrected chi connectivity index (χ4v) is 3.85. The quantitative estimate of drug-likeness (QED) is 0.402. The Balaban J connectivity index is 1.60. The van der Waals surface area contributed by atoms with Crippen LogP contribution in [0.4, 0.5) is 5.69 Å². The molecule has 0 atom stereocenters. The maximum absolute atomic E-state index is 13.1. The molecule has 4 rings (SSSR count). The first kappa shape index (κ1) is 24.0. The second-order valence-electron chi connectivity index (χ2n) is 7.75. The molecule has 7 nitrogen and oxygen atoms in total. The minimum Gasteiger partial charge on any atom is -0.490 e. The molecule has 0 unspecified atom stereocenters. The molecule has 35 heavy (non-hydrogen) atoms. The van der Waals surface area contributed by atoms with Gasteiger partial charge in [0.15, 0.2) is 11.5 Å². The monoisotopic (exact) mass is 490 g/mol. The van der Waals surface area contributed by atoms with Crippen LogP contribution in [0.5, 0.6) is 11.5 Å². The van der Waals surface area contributed by atoms with Crippen LogP contribution in [0.15, 0.2) is 77.4 Å². The number of halogens is 1. The average Bonchev–Trinajstić information content (AvgIpc) is 3.13. The molecule has 0 spiro atoms. The summed E-state index contributed by atoms with van der Waals surface area (Å²) in [5.41, 5.74) is 3.17. The summed E-state index contributed by atoms with van der Waals surface area (Å²) in [4.78, 5) is 24.2. The molecule has 0 fully saturated rings. The van der Waals surface area contributed by atoms with E-state index in [0.29, 0.717) is 52.3 Å². The highest BCUT2D eigenvalue weighted by Gasteiger charge is 2.29. The Morgan fingerprint density at radius 3 is 2.46 bits per heavy atom. The number of amides is 1. The van der Waals surface area contributed by atoms with Crippen molar-refractivity contribution < 1.29 is 24.2 Å². The summed E-state index contributed by atoms with van der Waals surface area (Å²) in [6, 6.07) is 19.2. The van der Waals surface area contributed by atoms with Crippen LogP contribution >= 0.6 is 11.6 Å². The second kappa shape index (κ2) is 10.4. The number of nitrogens with zero attached hydrogens (tertiary/aromatic N) is 2.